The van der Waals surface area contributed by atoms with Crippen molar-refractivity contribution in [3.05, 3.63) is 23.9 Å². The predicted octanol–water partition coefficient (Wildman–Crippen LogP) is 2.45. The molecule has 2 saturated heterocycles. The average Bonchev–Trinajstić information content (AvgIpc) is 3.50. The van der Waals surface area contributed by atoms with E-state index in [2.05, 4.69) is 20.1 Å². The van der Waals surface area contributed by atoms with E-state index in [0.29, 0.717) is 24.4 Å². The number of hydrogen-bond acceptors (Lipinski definition) is 4. The van der Waals surface area contributed by atoms with Crippen molar-refractivity contribution in [3.8, 4) is 0 Å². The van der Waals surface area contributed by atoms with Crippen molar-refractivity contribution in [1.82, 2.24) is 15.2 Å². The zero-order chi connectivity index (χ0) is 18.9. The van der Waals surface area contributed by atoms with E-state index in [4.69, 9.17) is 0 Å². The van der Waals surface area contributed by atoms with E-state index in [9.17, 15) is 9.59 Å². The second kappa shape index (κ2) is 7.49. The number of nitrogens with one attached hydrogen (secondary N) is 1. The summed E-state index contributed by atoms with van der Waals surface area (Å²) < 4.78 is 0. The Bertz CT molecular complexity index is 701. The summed E-state index contributed by atoms with van der Waals surface area (Å²) in [4.78, 5) is 33.3. The van der Waals surface area contributed by atoms with Crippen molar-refractivity contribution in [2.45, 2.75) is 45.4 Å². The number of carbonyl (C=O) groups is 2. The average molecular weight is 370 g/mol. The number of amides is 2. The van der Waals surface area contributed by atoms with Crippen molar-refractivity contribution in [2.24, 2.45) is 11.3 Å². The molecule has 1 N–H and O–H groups in total. The Kier molecular flexibility index (Phi) is 5.06. The Morgan fingerprint density at radius 3 is 2.85 bits per heavy atom. The van der Waals surface area contributed by atoms with Gasteiger partial charge in [-0.2, -0.15) is 0 Å². The molecular formula is C21H30N4O2. The zero-order valence-electron chi connectivity index (χ0n) is 16.2. The zero-order valence-corrected chi connectivity index (χ0v) is 16.2. The molecule has 4 rings (SSSR count). The van der Waals surface area contributed by atoms with Gasteiger partial charge in [0, 0.05) is 50.8 Å². The fourth-order valence-corrected chi connectivity index (χ4v) is 4.59. The third-order valence-electron chi connectivity index (χ3n) is 6.26. The lowest BCUT2D eigenvalue weighted by molar-refractivity contribution is -0.138. The van der Waals surface area contributed by atoms with Crippen LogP contribution in [0.3, 0.4) is 0 Å². The molecule has 2 aliphatic heterocycles. The molecule has 2 amide bonds. The smallest absolute Gasteiger partial charge is 0.252 e. The summed E-state index contributed by atoms with van der Waals surface area (Å²) in [5.74, 6) is 1.95. The van der Waals surface area contributed by atoms with Gasteiger partial charge in [0.2, 0.25) is 5.91 Å². The van der Waals surface area contributed by atoms with E-state index in [0.717, 1.165) is 50.8 Å². The number of pyridine rings is 1. The van der Waals surface area contributed by atoms with Crippen LogP contribution >= 0.6 is 0 Å². The first kappa shape index (κ1) is 18.3. The number of likely N-dealkylation sites (tertiary alicyclic amines) is 1. The summed E-state index contributed by atoms with van der Waals surface area (Å²) in [5.41, 5.74) is 0.798. The van der Waals surface area contributed by atoms with Crippen LogP contribution in [0, 0.1) is 11.3 Å². The van der Waals surface area contributed by atoms with Crippen LogP contribution in [0.5, 0.6) is 0 Å². The highest BCUT2D eigenvalue weighted by Crippen LogP contribution is 2.41. The van der Waals surface area contributed by atoms with Gasteiger partial charge in [0.1, 0.15) is 5.82 Å². The van der Waals surface area contributed by atoms with Crippen LogP contribution < -0.4 is 10.2 Å². The number of piperidine rings is 2. The van der Waals surface area contributed by atoms with Gasteiger partial charge in [-0.1, -0.05) is 0 Å². The Balaban J connectivity index is 1.44. The van der Waals surface area contributed by atoms with Gasteiger partial charge < -0.3 is 15.1 Å². The maximum atomic E-state index is 12.4. The minimum atomic E-state index is -0.0758. The summed E-state index contributed by atoms with van der Waals surface area (Å²) >= 11 is 0. The number of rotatable bonds is 5. The molecule has 3 fully saturated rings. The van der Waals surface area contributed by atoms with Crippen molar-refractivity contribution < 1.29 is 9.59 Å². The van der Waals surface area contributed by atoms with Gasteiger partial charge in [0.25, 0.3) is 5.91 Å². The Morgan fingerprint density at radius 1 is 1.30 bits per heavy atom. The van der Waals surface area contributed by atoms with Crippen LogP contribution in [-0.4, -0.2) is 54.4 Å². The largest absolute Gasteiger partial charge is 0.356 e. The molecular weight excluding hydrogens is 340 g/mol. The highest BCUT2D eigenvalue weighted by atomic mass is 16.2. The van der Waals surface area contributed by atoms with Gasteiger partial charge in [-0.15, -0.1) is 0 Å². The van der Waals surface area contributed by atoms with Gasteiger partial charge >= 0.3 is 0 Å². The van der Waals surface area contributed by atoms with Gasteiger partial charge in [-0.25, -0.2) is 4.98 Å². The van der Waals surface area contributed by atoms with E-state index in [1.807, 2.05) is 19.1 Å². The highest BCUT2D eigenvalue weighted by molar-refractivity contribution is 5.94. The molecule has 0 aromatic carbocycles. The summed E-state index contributed by atoms with van der Waals surface area (Å²) in [6, 6.07) is 3.82. The van der Waals surface area contributed by atoms with E-state index < -0.39 is 0 Å². The maximum absolute atomic E-state index is 12.4. The van der Waals surface area contributed by atoms with Gasteiger partial charge in [-0.3, -0.25) is 9.59 Å². The van der Waals surface area contributed by atoms with Crippen LogP contribution in [0.4, 0.5) is 5.82 Å². The SMILES string of the molecule is CCNC(=O)c1ccc(N2CCC[C@@]3(CCC(=O)N(CC4CC4)C3)C2)nc1. The van der Waals surface area contributed by atoms with Crippen molar-refractivity contribution in [1.29, 1.82) is 0 Å². The third-order valence-corrected chi connectivity index (χ3v) is 6.26. The van der Waals surface area contributed by atoms with Crippen molar-refractivity contribution in [2.75, 3.05) is 37.6 Å². The van der Waals surface area contributed by atoms with Crippen LogP contribution in [0.15, 0.2) is 18.3 Å². The first-order valence-electron chi connectivity index (χ1n) is 10.4. The number of anilines is 1. The highest BCUT2D eigenvalue weighted by Gasteiger charge is 2.43. The fraction of sp³-hybridized carbons (Fsp3) is 0.667. The van der Waals surface area contributed by atoms with Gasteiger partial charge in [-0.05, 0) is 57.1 Å². The fourth-order valence-electron chi connectivity index (χ4n) is 4.59. The minimum Gasteiger partial charge on any atom is -0.356 e. The van der Waals surface area contributed by atoms with Crippen LogP contribution in [-0.2, 0) is 4.79 Å². The molecule has 146 valence electrons. The second-order valence-corrected chi connectivity index (χ2v) is 8.51. The van der Waals surface area contributed by atoms with E-state index in [1.165, 1.54) is 19.3 Å². The quantitative estimate of drug-likeness (QED) is 0.865. The molecule has 6 nitrogen and oxygen atoms in total. The lowest BCUT2D eigenvalue weighted by Gasteiger charge is -2.48. The minimum absolute atomic E-state index is 0.0758. The maximum Gasteiger partial charge on any atom is 0.252 e. The second-order valence-electron chi connectivity index (χ2n) is 8.51. The summed E-state index contributed by atoms with van der Waals surface area (Å²) in [6.07, 6.45) is 8.23. The third kappa shape index (κ3) is 4.09. The molecule has 1 aromatic rings. The summed E-state index contributed by atoms with van der Waals surface area (Å²) in [6.45, 7) is 6.33. The van der Waals surface area contributed by atoms with E-state index >= 15 is 0 Å². The lowest BCUT2D eigenvalue weighted by atomic mass is 9.73. The van der Waals surface area contributed by atoms with Crippen LogP contribution in [0.25, 0.3) is 0 Å². The van der Waals surface area contributed by atoms with E-state index in [1.54, 1.807) is 6.20 Å². The van der Waals surface area contributed by atoms with E-state index in [-0.39, 0.29) is 11.3 Å². The lowest BCUT2D eigenvalue weighted by Crippen LogP contribution is -2.54. The molecule has 3 heterocycles. The molecule has 1 spiro atoms. The normalized spacial score (nSPS) is 25.7. The molecule has 0 unspecified atom stereocenters. The molecule has 0 bridgehead atoms. The Hall–Kier alpha value is -2.11. The molecule has 0 radical (unpaired) electrons. The molecule has 1 saturated carbocycles. The van der Waals surface area contributed by atoms with Crippen LogP contribution in [0.2, 0.25) is 0 Å². The van der Waals surface area contributed by atoms with Crippen molar-refractivity contribution >= 4 is 17.6 Å². The number of aromatic nitrogens is 1. The number of hydrogen-bond donors (Lipinski definition) is 1. The topological polar surface area (TPSA) is 65.5 Å². The molecule has 27 heavy (non-hydrogen) atoms. The number of nitrogens with zero attached hydrogens (tertiary/aromatic N) is 3. The standard InChI is InChI=1S/C21H30N4O2/c1-2-22-20(27)17-6-7-18(23-12-17)24-11-3-9-21(14-24)10-8-19(26)25(15-21)13-16-4-5-16/h6-7,12,16H,2-5,8-11,13-15H2,1H3,(H,22,27)/t21-/m1/s1. The predicted molar refractivity (Wildman–Crippen MR) is 105 cm³/mol. The van der Waals surface area contributed by atoms with Crippen LogP contribution in [0.1, 0.15) is 55.8 Å². The summed E-state index contributed by atoms with van der Waals surface area (Å²) in [7, 11) is 0. The Morgan fingerprint density at radius 2 is 2.15 bits per heavy atom. The molecule has 1 aliphatic carbocycles. The molecule has 1 aromatic heterocycles. The Labute approximate surface area is 161 Å². The molecule has 1 atom stereocenters. The summed E-state index contributed by atoms with van der Waals surface area (Å²) in [5, 5.41) is 2.81. The van der Waals surface area contributed by atoms with Gasteiger partial charge in [0.05, 0.1) is 5.56 Å². The monoisotopic (exact) mass is 370 g/mol. The van der Waals surface area contributed by atoms with Crippen molar-refractivity contribution in [3.63, 3.8) is 0 Å². The molecule has 3 aliphatic rings. The van der Waals surface area contributed by atoms with Gasteiger partial charge in [0.15, 0.2) is 0 Å². The molecule has 6 heteroatoms. The first-order chi connectivity index (χ1) is 13.1. The first-order valence-corrected chi connectivity index (χ1v) is 10.4. The number of carbonyl (C=O) groups excluding carboxylic acids is 2.